The van der Waals surface area contributed by atoms with Gasteiger partial charge in [0.2, 0.25) is 11.1 Å². The van der Waals surface area contributed by atoms with Crippen molar-refractivity contribution in [3.63, 3.8) is 0 Å². The van der Waals surface area contributed by atoms with Crippen molar-refractivity contribution < 1.29 is 27.1 Å². The third kappa shape index (κ3) is 3.81. The van der Waals surface area contributed by atoms with Crippen LogP contribution in [0.25, 0.3) is 0 Å². The molecule has 2 atom stereocenters. The molecule has 1 rings (SSSR count). The van der Waals surface area contributed by atoms with E-state index >= 15 is 0 Å². The molecule has 0 spiro atoms. The zero-order valence-corrected chi connectivity index (χ0v) is 11.2. The Morgan fingerprint density at radius 3 is 2.37 bits per heavy atom. The summed E-state index contributed by atoms with van der Waals surface area (Å²) < 4.78 is 48.7. The molecule has 0 saturated heterocycles. The number of hydrogen-bond acceptors (Lipinski definition) is 3. The van der Waals surface area contributed by atoms with Gasteiger partial charge in [-0.1, -0.05) is 26.0 Å². The number of hydrogen-bond donors (Lipinski definition) is 1. The van der Waals surface area contributed by atoms with E-state index in [1.165, 1.54) is 12.1 Å². The van der Waals surface area contributed by atoms with Crippen LogP contribution >= 0.6 is 0 Å². The number of carbonyl (C=O) groups is 1. The molecule has 0 aromatic heterocycles. The first-order chi connectivity index (χ1) is 8.78. The summed E-state index contributed by atoms with van der Waals surface area (Å²) in [4.78, 5) is 11.0. The molecule has 0 heterocycles. The molecule has 1 aromatic rings. The highest BCUT2D eigenvalue weighted by atomic mass is 32.2. The summed E-state index contributed by atoms with van der Waals surface area (Å²) in [5, 5.41) is -4.44. The van der Waals surface area contributed by atoms with Crippen LogP contribution in [0.3, 0.4) is 0 Å². The molecular weight excluding hydrogens is 278 g/mol. The van der Waals surface area contributed by atoms with Crippen molar-refractivity contribution >= 4 is 17.0 Å². The summed E-state index contributed by atoms with van der Waals surface area (Å²) in [6, 6.07) is 6.06. The second-order valence-corrected chi connectivity index (χ2v) is 5.04. The van der Waals surface area contributed by atoms with Crippen molar-refractivity contribution in [2.24, 2.45) is 0 Å². The van der Waals surface area contributed by atoms with Gasteiger partial charge in [-0.2, -0.15) is 8.78 Å². The molecule has 1 N–H and O–H groups in total. The lowest BCUT2D eigenvalue weighted by Crippen LogP contribution is -2.37. The highest BCUT2D eigenvalue weighted by molar-refractivity contribution is 7.81. The summed E-state index contributed by atoms with van der Waals surface area (Å²) in [5.41, 5.74) is 0.986. The second-order valence-electron chi connectivity index (χ2n) is 4.03. The van der Waals surface area contributed by atoms with Gasteiger partial charge in [0, 0.05) is 0 Å². The Bertz CT molecular complexity index is 473. The average Bonchev–Trinajstić information content (AvgIpc) is 2.38. The predicted octanol–water partition coefficient (Wildman–Crippen LogP) is 2.92. The maximum absolute atomic E-state index is 12.9. The molecule has 0 fully saturated rings. The van der Waals surface area contributed by atoms with Crippen LogP contribution in [0, 0.1) is 0 Å². The number of rotatable bonds is 5. The minimum atomic E-state index is -4.44. The van der Waals surface area contributed by atoms with E-state index in [2.05, 4.69) is 4.74 Å². The van der Waals surface area contributed by atoms with Crippen LogP contribution in [-0.4, -0.2) is 20.0 Å². The molecule has 1 aromatic carbocycles. The maximum atomic E-state index is 12.9. The smallest absolute Gasteiger partial charge is 0.421 e. The summed E-state index contributed by atoms with van der Waals surface area (Å²) in [6.45, 7) is 4.01. The molecule has 7 heteroatoms. The number of esters is 1. The predicted molar refractivity (Wildman–Crippen MR) is 66.5 cm³/mol. The van der Waals surface area contributed by atoms with Crippen molar-refractivity contribution in [2.45, 2.75) is 31.4 Å². The van der Waals surface area contributed by atoms with Crippen molar-refractivity contribution in [1.29, 1.82) is 0 Å². The zero-order valence-electron chi connectivity index (χ0n) is 10.4. The Kier molecular flexibility index (Phi) is 5.13. The molecule has 0 bridgehead atoms. The molecule has 4 nitrogen and oxygen atoms in total. The Morgan fingerprint density at radius 1 is 1.42 bits per heavy atom. The number of carbonyl (C=O) groups excluding carboxylic acids is 1. The maximum Gasteiger partial charge on any atom is 0.439 e. The normalized spacial score (nSPS) is 14.8. The van der Waals surface area contributed by atoms with Crippen LogP contribution in [0.1, 0.15) is 31.7 Å². The SMILES string of the molecule is CCC(C)c1ccc(OC(=O)C(F)(F)S(=O)O)cc1. The van der Waals surface area contributed by atoms with Gasteiger partial charge in [-0.25, -0.2) is 9.00 Å². The minimum absolute atomic E-state index is 0.0952. The Balaban J connectivity index is 2.79. The summed E-state index contributed by atoms with van der Waals surface area (Å²) in [5.74, 6) is -1.84. The van der Waals surface area contributed by atoms with Crippen LogP contribution in [0.4, 0.5) is 8.78 Å². The number of alkyl halides is 2. The lowest BCUT2D eigenvalue weighted by molar-refractivity contribution is -0.150. The highest BCUT2D eigenvalue weighted by Gasteiger charge is 2.48. The number of halogens is 2. The molecular formula is C12H14F2O4S. The topological polar surface area (TPSA) is 63.6 Å². The van der Waals surface area contributed by atoms with E-state index in [0.29, 0.717) is 5.92 Å². The van der Waals surface area contributed by atoms with Gasteiger partial charge in [-0.3, -0.25) is 0 Å². The van der Waals surface area contributed by atoms with E-state index in [0.717, 1.165) is 12.0 Å². The summed E-state index contributed by atoms with van der Waals surface area (Å²) >= 11 is -3.60. The Hall–Kier alpha value is -1.34. The molecule has 106 valence electrons. The molecule has 0 radical (unpaired) electrons. The van der Waals surface area contributed by atoms with Crippen molar-refractivity contribution in [1.82, 2.24) is 0 Å². The highest BCUT2D eigenvalue weighted by Crippen LogP contribution is 2.24. The molecule has 2 unspecified atom stereocenters. The zero-order chi connectivity index (χ0) is 14.6. The molecule has 0 aliphatic rings. The van der Waals surface area contributed by atoms with Gasteiger partial charge in [0.25, 0.3) is 0 Å². The van der Waals surface area contributed by atoms with Crippen molar-refractivity contribution in [3.8, 4) is 5.75 Å². The second kappa shape index (κ2) is 6.21. The Labute approximate surface area is 112 Å². The molecule has 0 aliphatic carbocycles. The largest absolute Gasteiger partial charge is 0.439 e. The van der Waals surface area contributed by atoms with E-state index in [-0.39, 0.29) is 5.75 Å². The van der Waals surface area contributed by atoms with Crippen LogP contribution in [-0.2, 0) is 15.9 Å². The van der Waals surface area contributed by atoms with E-state index < -0.39 is 22.3 Å². The molecule has 0 aliphatic heterocycles. The van der Waals surface area contributed by atoms with E-state index in [9.17, 15) is 17.8 Å². The van der Waals surface area contributed by atoms with Crippen LogP contribution in [0.15, 0.2) is 24.3 Å². The first-order valence-corrected chi connectivity index (χ1v) is 6.70. The molecule has 0 saturated carbocycles. The first-order valence-electron chi connectivity index (χ1n) is 5.60. The van der Waals surface area contributed by atoms with Crippen molar-refractivity contribution in [2.75, 3.05) is 0 Å². The van der Waals surface area contributed by atoms with Crippen LogP contribution in [0.2, 0.25) is 0 Å². The molecule has 0 amide bonds. The number of benzene rings is 1. The van der Waals surface area contributed by atoms with E-state index in [1.54, 1.807) is 12.1 Å². The fourth-order valence-corrected chi connectivity index (χ4v) is 1.52. The monoisotopic (exact) mass is 292 g/mol. The van der Waals surface area contributed by atoms with Crippen LogP contribution in [0.5, 0.6) is 5.75 Å². The summed E-state index contributed by atoms with van der Waals surface area (Å²) in [6.07, 6.45) is 0.917. The third-order valence-corrected chi connectivity index (χ3v) is 3.33. The average molecular weight is 292 g/mol. The fourth-order valence-electron chi connectivity index (χ4n) is 1.34. The standard InChI is InChI=1S/C12H14F2O4S/c1-3-8(2)9-4-6-10(7-5-9)18-11(15)12(13,14)19(16)17/h4-8H,3H2,1-2H3,(H,16,17). The van der Waals surface area contributed by atoms with Gasteiger partial charge in [0.05, 0.1) is 0 Å². The minimum Gasteiger partial charge on any atom is -0.421 e. The third-order valence-electron chi connectivity index (χ3n) is 2.73. The Morgan fingerprint density at radius 2 is 1.95 bits per heavy atom. The van der Waals surface area contributed by atoms with Gasteiger partial charge in [-0.15, -0.1) is 0 Å². The van der Waals surface area contributed by atoms with E-state index in [1.807, 2.05) is 13.8 Å². The van der Waals surface area contributed by atoms with Crippen LogP contribution < -0.4 is 4.74 Å². The van der Waals surface area contributed by atoms with Gasteiger partial charge >= 0.3 is 11.2 Å². The van der Waals surface area contributed by atoms with E-state index in [4.69, 9.17) is 4.55 Å². The van der Waals surface area contributed by atoms with Gasteiger partial charge in [0.1, 0.15) is 5.75 Å². The lowest BCUT2D eigenvalue weighted by Gasteiger charge is -2.12. The summed E-state index contributed by atoms with van der Waals surface area (Å²) in [7, 11) is 0. The van der Waals surface area contributed by atoms with Gasteiger partial charge < -0.3 is 9.29 Å². The fraction of sp³-hybridized carbons (Fsp3) is 0.417. The van der Waals surface area contributed by atoms with Crippen molar-refractivity contribution in [3.05, 3.63) is 29.8 Å². The van der Waals surface area contributed by atoms with Gasteiger partial charge in [-0.05, 0) is 30.0 Å². The van der Waals surface area contributed by atoms with Gasteiger partial charge in [0.15, 0.2) is 0 Å². The number of ether oxygens (including phenoxy) is 1. The molecule has 19 heavy (non-hydrogen) atoms. The first kappa shape index (κ1) is 15.7. The quantitative estimate of drug-likeness (QED) is 0.515. The lowest BCUT2D eigenvalue weighted by atomic mass is 9.99.